The molecule has 0 radical (unpaired) electrons. The molecule has 0 aromatic carbocycles. The van der Waals surface area contributed by atoms with E-state index in [2.05, 4.69) is 15.5 Å². The second-order valence-electron chi connectivity index (χ2n) is 7.12. The lowest BCUT2D eigenvalue weighted by atomic mass is 9.98. The van der Waals surface area contributed by atoms with Crippen molar-refractivity contribution in [1.29, 1.82) is 0 Å². The van der Waals surface area contributed by atoms with Crippen LogP contribution in [0.4, 0.5) is 4.79 Å². The number of carbonyl (C=O) groups is 1. The highest BCUT2D eigenvalue weighted by atomic mass is 32.1. The Morgan fingerprint density at radius 3 is 3.00 bits per heavy atom. The number of fused-ring (bicyclic) bond motifs is 1. The van der Waals surface area contributed by atoms with Crippen LogP contribution in [0.2, 0.25) is 0 Å². The lowest BCUT2D eigenvalue weighted by molar-refractivity contribution is 0.178. The fourth-order valence-corrected chi connectivity index (χ4v) is 4.91. The average molecular weight is 375 g/mol. The summed E-state index contributed by atoms with van der Waals surface area (Å²) in [4.78, 5) is 24.9. The smallest absolute Gasteiger partial charge is 0.317 e. The minimum atomic E-state index is -0.00348. The summed E-state index contributed by atoms with van der Waals surface area (Å²) in [6.45, 7) is 3.86. The molecule has 1 aliphatic carbocycles. The topological polar surface area (TPSA) is 84.2 Å². The molecule has 2 amide bonds. The molecule has 1 aliphatic heterocycles. The normalized spacial score (nSPS) is 20.0. The maximum Gasteiger partial charge on any atom is 0.317 e. The Balaban J connectivity index is 1.27. The lowest BCUT2D eigenvalue weighted by Crippen LogP contribution is -2.45. The number of nitrogens with zero attached hydrogens (tertiary/aromatic N) is 4. The molecule has 1 fully saturated rings. The monoisotopic (exact) mass is 375 g/mol. The molecule has 26 heavy (non-hydrogen) atoms. The number of piperidine rings is 1. The van der Waals surface area contributed by atoms with Crippen molar-refractivity contribution in [3.05, 3.63) is 27.3 Å². The van der Waals surface area contributed by atoms with Crippen LogP contribution in [-0.4, -0.2) is 45.7 Å². The van der Waals surface area contributed by atoms with Gasteiger partial charge in [0.1, 0.15) is 0 Å². The Hall–Kier alpha value is -1.96. The standard InChI is InChI=1S/C18H25N5O2S/c1-12-20-17(22-25-12)13-5-4-10-23(11-13)18(24)19-9-8-16-21-14-6-2-3-7-15(14)26-16/h13H,2-11H2,1H3,(H,19,24). The Morgan fingerprint density at radius 2 is 2.19 bits per heavy atom. The largest absolute Gasteiger partial charge is 0.340 e. The first kappa shape index (κ1) is 17.5. The van der Waals surface area contributed by atoms with Gasteiger partial charge in [-0.25, -0.2) is 9.78 Å². The third-order valence-electron chi connectivity index (χ3n) is 5.12. The molecule has 7 nitrogen and oxygen atoms in total. The summed E-state index contributed by atoms with van der Waals surface area (Å²) in [6, 6.07) is -0.00348. The van der Waals surface area contributed by atoms with E-state index in [1.165, 1.54) is 29.8 Å². The van der Waals surface area contributed by atoms with Gasteiger partial charge < -0.3 is 14.7 Å². The van der Waals surface area contributed by atoms with Crippen molar-refractivity contribution in [1.82, 2.24) is 25.3 Å². The molecule has 3 heterocycles. The molecule has 2 aromatic rings. The first-order chi connectivity index (χ1) is 12.7. The molecule has 1 atom stereocenters. The van der Waals surface area contributed by atoms with Crippen LogP contribution in [-0.2, 0) is 19.3 Å². The highest BCUT2D eigenvalue weighted by molar-refractivity contribution is 7.11. The summed E-state index contributed by atoms with van der Waals surface area (Å²) in [5, 5.41) is 8.21. The van der Waals surface area contributed by atoms with Crippen LogP contribution >= 0.6 is 11.3 Å². The number of urea groups is 1. The van der Waals surface area contributed by atoms with Crippen LogP contribution in [0.5, 0.6) is 0 Å². The van der Waals surface area contributed by atoms with Gasteiger partial charge >= 0.3 is 6.03 Å². The number of aromatic nitrogens is 3. The Kier molecular flexibility index (Phi) is 5.19. The van der Waals surface area contributed by atoms with Gasteiger partial charge in [0.25, 0.3) is 0 Å². The molecule has 1 unspecified atom stereocenters. The number of aryl methyl sites for hydroxylation is 3. The van der Waals surface area contributed by atoms with Crippen molar-refractivity contribution < 1.29 is 9.32 Å². The molecule has 0 bridgehead atoms. The van der Waals surface area contributed by atoms with E-state index in [0.29, 0.717) is 24.8 Å². The van der Waals surface area contributed by atoms with Gasteiger partial charge in [-0.05, 0) is 38.5 Å². The summed E-state index contributed by atoms with van der Waals surface area (Å²) in [6.07, 6.45) is 7.58. The van der Waals surface area contributed by atoms with E-state index >= 15 is 0 Å². The van der Waals surface area contributed by atoms with E-state index in [9.17, 15) is 4.79 Å². The van der Waals surface area contributed by atoms with Gasteiger partial charge in [0.15, 0.2) is 5.82 Å². The van der Waals surface area contributed by atoms with E-state index in [0.717, 1.165) is 37.2 Å². The number of amides is 2. The fourth-order valence-electron chi connectivity index (χ4n) is 3.75. The number of hydrogen-bond acceptors (Lipinski definition) is 6. The second-order valence-corrected chi connectivity index (χ2v) is 8.29. The highest BCUT2D eigenvalue weighted by Gasteiger charge is 2.27. The number of hydrogen-bond donors (Lipinski definition) is 1. The Labute approximate surface area is 157 Å². The summed E-state index contributed by atoms with van der Waals surface area (Å²) >= 11 is 1.82. The maximum atomic E-state index is 12.5. The molecule has 1 saturated heterocycles. The average Bonchev–Trinajstić information content (AvgIpc) is 3.27. The molecule has 140 valence electrons. The van der Waals surface area contributed by atoms with Crippen LogP contribution in [0.3, 0.4) is 0 Å². The van der Waals surface area contributed by atoms with Gasteiger partial charge in [-0.2, -0.15) is 4.98 Å². The van der Waals surface area contributed by atoms with E-state index in [1.807, 2.05) is 16.2 Å². The maximum absolute atomic E-state index is 12.5. The molecule has 0 saturated carbocycles. The SMILES string of the molecule is Cc1nc(C2CCCN(C(=O)NCCc3nc4c(s3)CCCC4)C2)no1. The van der Waals surface area contributed by atoms with E-state index in [-0.39, 0.29) is 11.9 Å². The predicted molar refractivity (Wildman–Crippen MR) is 98.4 cm³/mol. The molecule has 4 rings (SSSR count). The minimum absolute atomic E-state index is 0.00348. The summed E-state index contributed by atoms with van der Waals surface area (Å²) in [5.41, 5.74) is 1.29. The lowest BCUT2D eigenvalue weighted by Gasteiger charge is -2.31. The molecule has 8 heteroatoms. The number of rotatable bonds is 4. The highest BCUT2D eigenvalue weighted by Crippen LogP contribution is 2.27. The van der Waals surface area contributed by atoms with Crippen LogP contribution in [0.25, 0.3) is 0 Å². The quantitative estimate of drug-likeness (QED) is 0.888. The van der Waals surface area contributed by atoms with Crippen molar-refractivity contribution in [2.75, 3.05) is 19.6 Å². The fraction of sp³-hybridized carbons (Fsp3) is 0.667. The summed E-state index contributed by atoms with van der Waals surface area (Å²) in [7, 11) is 0. The van der Waals surface area contributed by atoms with Crippen molar-refractivity contribution in [2.45, 2.75) is 57.8 Å². The first-order valence-electron chi connectivity index (χ1n) is 9.49. The zero-order valence-corrected chi connectivity index (χ0v) is 16.0. The van der Waals surface area contributed by atoms with Gasteiger partial charge in [-0.1, -0.05) is 5.16 Å². The molecule has 0 spiro atoms. The third-order valence-corrected chi connectivity index (χ3v) is 6.34. The number of carbonyl (C=O) groups excluding carboxylic acids is 1. The van der Waals surface area contributed by atoms with Crippen molar-refractivity contribution in [2.24, 2.45) is 0 Å². The van der Waals surface area contributed by atoms with Crippen LogP contribution < -0.4 is 5.32 Å². The zero-order valence-electron chi connectivity index (χ0n) is 15.2. The molecular weight excluding hydrogens is 350 g/mol. The summed E-state index contributed by atoms with van der Waals surface area (Å²) < 4.78 is 5.08. The number of nitrogens with one attached hydrogen (secondary N) is 1. The minimum Gasteiger partial charge on any atom is -0.340 e. The molecule has 1 N–H and O–H groups in total. The van der Waals surface area contributed by atoms with Crippen molar-refractivity contribution >= 4 is 17.4 Å². The predicted octanol–water partition coefficient (Wildman–Crippen LogP) is 2.85. The van der Waals surface area contributed by atoms with Crippen LogP contribution in [0.15, 0.2) is 4.52 Å². The van der Waals surface area contributed by atoms with Crippen molar-refractivity contribution in [3.8, 4) is 0 Å². The van der Waals surface area contributed by atoms with E-state index in [4.69, 9.17) is 9.51 Å². The molecule has 2 aromatic heterocycles. The van der Waals surface area contributed by atoms with Crippen LogP contribution in [0, 0.1) is 6.92 Å². The van der Waals surface area contributed by atoms with E-state index in [1.54, 1.807) is 6.92 Å². The van der Waals surface area contributed by atoms with Gasteiger partial charge in [-0.15, -0.1) is 11.3 Å². The Bertz CT molecular complexity index is 748. The summed E-state index contributed by atoms with van der Waals surface area (Å²) in [5.74, 6) is 1.46. The van der Waals surface area contributed by atoms with Gasteiger partial charge in [0.2, 0.25) is 5.89 Å². The number of likely N-dealkylation sites (tertiary alicyclic amines) is 1. The van der Waals surface area contributed by atoms with Crippen LogP contribution in [0.1, 0.15) is 58.9 Å². The first-order valence-corrected chi connectivity index (χ1v) is 10.3. The van der Waals surface area contributed by atoms with Gasteiger partial charge in [-0.3, -0.25) is 0 Å². The zero-order chi connectivity index (χ0) is 17.9. The Morgan fingerprint density at radius 1 is 1.31 bits per heavy atom. The molecule has 2 aliphatic rings. The van der Waals surface area contributed by atoms with Gasteiger partial charge in [0, 0.05) is 43.8 Å². The van der Waals surface area contributed by atoms with E-state index < -0.39 is 0 Å². The number of thiazole rings is 1. The van der Waals surface area contributed by atoms with Crippen molar-refractivity contribution in [3.63, 3.8) is 0 Å². The third kappa shape index (κ3) is 3.90. The second kappa shape index (κ2) is 7.73. The molecular formula is C18H25N5O2S. The van der Waals surface area contributed by atoms with Gasteiger partial charge in [0.05, 0.1) is 10.7 Å².